The minimum atomic E-state index is -0.322. The Morgan fingerprint density at radius 2 is 2.15 bits per heavy atom. The van der Waals surface area contributed by atoms with Crippen molar-refractivity contribution in [2.75, 3.05) is 11.9 Å². The Hall–Kier alpha value is -3.16. The molecular weight excluding hydrogens is 344 g/mol. The van der Waals surface area contributed by atoms with Crippen LogP contribution < -0.4 is 5.32 Å². The third kappa shape index (κ3) is 5.16. The molecule has 0 bridgehead atoms. The lowest BCUT2D eigenvalue weighted by Gasteiger charge is -2.05. The molecule has 8 nitrogen and oxygen atoms in total. The molecule has 0 radical (unpaired) electrons. The summed E-state index contributed by atoms with van der Waals surface area (Å²) < 4.78 is 8.49. The first-order valence-electron chi connectivity index (χ1n) is 8.45. The summed E-state index contributed by atoms with van der Waals surface area (Å²) in [5, 5.41) is 8.24. The van der Waals surface area contributed by atoms with E-state index in [-0.39, 0.29) is 19.9 Å². The second-order valence-electron chi connectivity index (χ2n) is 6.08. The van der Waals surface area contributed by atoms with E-state index in [1.54, 1.807) is 25.5 Å². The van der Waals surface area contributed by atoms with Gasteiger partial charge in [0.15, 0.2) is 0 Å². The summed E-state index contributed by atoms with van der Waals surface area (Å²) in [5.41, 5.74) is 2.82. The van der Waals surface area contributed by atoms with Gasteiger partial charge in [0.1, 0.15) is 12.2 Å². The van der Waals surface area contributed by atoms with Crippen LogP contribution in [0.15, 0.2) is 42.5 Å². The van der Waals surface area contributed by atoms with Crippen molar-refractivity contribution in [3.05, 3.63) is 42.5 Å². The molecule has 0 fully saturated rings. The van der Waals surface area contributed by atoms with Gasteiger partial charge in [-0.3, -0.25) is 9.48 Å². The van der Waals surface area contributed by atoms with Gasteiger partial charge < -0.3 is 14.6 Å². The zero-order chi connectivity index (χ0) is 18.5. The quantitative estimate of drug-likeness (QED) is 0.506. The molecule has 3 heterocycles. The number of carbonyl (C=O) groups is 1. The van der Waals surface area contributed by atoms with Gasteiger partial charge >= 0.3 is 5.97 Å². The Bertz CT molecular complexity index is 937. The minimum absolute atomic E-state index is 0. The third-order valence-electron chi connectivity index (χ3n) is 3.68. The molecule has 8 heteroatoms. The molecule has 0 unspecified atom stereocenters. The maximum absolute atomic E-state index is 11.5. The lowest BCUT2D eigenvalue weighted by Crippen LogP contribution is -2.13. The monoisotopic (exact) mass is 370 g/mol. The maximum atomic E-state index is 11.5. The minimum Gasteiger partial charge on any atom is -0.465 e. The van der Waals surface area contributed by atoms with Crippen LogP contribution in [-0.4, -0.2) is 36.9 Å². The van der Waals surface area contributed by atoms with Crippen LogP contribution in [0.5, 0.6) is 0 Å². The molecule has 0 aliphatic carbocycles. The van der Waals surface area contributed by atoms with Gasteiger partial charge in [-0.2, -0.15) is 10.1 Å². The number of rotatable bonds is 7. The highest BCUT2D eigenvalue weighted by Crippen LogP contribution is 2.17. The molecule has 3 aromatic heterocycles. The predicted molar refractivity (Wildman–Crippen MR) is 106 cm³/mol. The van der Waals surface area contributed by atoms with Crippen LogP contribution >= 0.6 is 0 Å². The van der Waals surface area contributed by atoms with Crippen LogP contribution in [0.25, 0.3) is 11.0 Å². The highest BCUT2D eigenvalue weighted by molar-refractivity contribution is 5.76. The number of aromatic nitrogens is 5. The Kier molecular flexibility index (Phi) is 6.70. The summed E-state index contributed by atoms with van der Waals surface area (Å²) in [4.78, 5) is 20.4. The van der Waals surface area contributed by atoms with E-state index in [2.05, 4.69) is 44.9 Å². The van der Waals surface area contributed by atoms with E-state index in [0.29, 0.717) is 18.2 Å². The Balaban J connectivity index is 0.00000261. The zero-order valence-corrected chi connectivity index (χ0v) is 15.1. The first-order chi connectivity index (χ1) is 12.5. The summed E-state index contributed by atoms with van der Waals surface area (Å²) in [6, 6.07) is 2.00. The number of anilines is 2. The van der Waals surface area contributed by atoms with Gasteiger partial charge in [-0.25, -0.2) is 4.98 Å². The van der Waals surface area contributed by atoms with Crippen LogP contribution in [0.2, 0.25) is 0 Å². The van der Waals surface area contributed by atoms with Crippen molar-refractivity contribution in [3.8, 4) is 0 Å². The molecule has 3 rings (SSSR count). The standard InChI is InChI=1S/C18H22N6O2.CH4/c1-4-26-16(25)12-24-11-15(10-20-24)21-18-19-9-14-6-8-23(17(14)22-18)7-5-13(2)3;/h5-6,8-11H,4,7,12H2,1-3H3,(H,19,21,22);1H4. The average molecular weight is 370 g/mol. The normalized spacial score (nSPS) is 10.3. The first-order valence-corrected chi connectivity index (χ1v) is 8.45. The first kappa shape index (κ1) is 20.2. The average Bonchev–Trinajstić information content (AvgIpc) is 3.19. The summed E-state index contributed by atoms with van der Waals surface area (Å²) >= 11 is 0. The molecule has 0 amide bonds. The van der Waals surface area contributed by atoms with Crippen molar-refractivity contribution in [2.24, 2.45) is 0 Å². The largest absolute Gasteiger partial charge is 0.465 e. The maximum Gasteiger partial charge on any atom is 0.327 e. The lowest BCUT2D eigenvalue weighted by atomic mass is 10.3. The van der Waals surface area contributed by atoms with Crippen molar-refractivity contribution >= 4 is 28.6 Å². The summed E-state index contributed by atoms with van der Waals surface area (Å²) in [7, 11) is 0. The van der Waals surface area contributed by atoms with Crippen molar-refractivity contribution in [1.82, 2.24) is 24.3 Å². The molecule has 0 aliphatic rings. The number of hydrogen-bond acceptors (Lipinski definition) is 6. The highest BCUT2D eigenvalue weighted by atomic mass is 16.5. The van der Waals surface area contributed by atoms with E-state index in [1.807, 2.05) is 12.3 Å². The Morgan fingerprint density at radius 3 is 2.89 bits per heavy atom. The van der Waals surface area contributed by atoms with Crippen LogP contribution in [-0.2, 0) is 22.6 Å². The van der Waals surface area contributed by atoms with E-state index in [1.165, 1.54) is 10.3 Å². The van der Waals surface area contributed by atoms with Gasteiger partial charge in [-0.05, 0) is 26.8 Å². The molecule has 144 valence electrons. The second-order valence-corrected chi connectivity index (χ2v) is 6.08. The van der Waals surface area contributed by atoms with Crippen LogP contribution in [0.3, 0.4) is 0 Å². The van der Waals surface area contributed by atoms with E-state index in [9.17, 15) is 4.79 Å². The number of hydrogen-bond donors (Lipinski definition) is 1. The van der Waals surface area contributed by atoms with Gasteiger partial charge in [0.2, 0.25) is 5.95 Å². The summed E-state index contributed by atoms with van der Waals surface area (Å²) in [6.45, 7) is 7.10. The van der Waals surface area contributed by atoms with E-state index in [0.717, 1.165) is 17.6 Å². The molecule has 3 aromatic rings. The van der Waals surface area contributed by atoms with Crippen LogP contribution in [0, 0.1) is 0 Å². The Morgan fingerprint density at radius 1 is 1.33 bits per heavy atom. The molecule has 0 atom stereocenters. The molecule has 0 aromatic carbocycles. The van der Waals surface area contributed by atoms with Crippen molar-refractivity contribution in [3.63, 3.8) is 0 Å². The zero-order valence-electron chi connectivity index (χ0n) is 15.1. The molecule has 0 spiro atoms. The predicted octanol–water partition coefficient (Wildman–Crippen LogP) is 3.54. The van der Waals surface area contributed by atoms with Crippen LogP contribution in [0.1, 0.15) is 28.2 Å². The molecule has 0 saturated carbocycles. The third-order valence-corrected chi connectivity index (χ3v) is 3.68. The number of ether oxygens (including phenoxy) is 1. The van der Waals surface area contributed by atoms with E-state index >= 15 is 0 Å². The lowest BCUT2D eigenvalue weighted by molar-refractivity contribution is -0.144. The summed E-state index contributed by atoms with van der Waals surface area (Å²) in [6.07, 6.45) is 9.27. The molecule has 1 N–H and O–H groups in total. The van der Waals surface area contributed by atoms with Crippen LogP contribution in [0.4, 0.5) is 11.6 Å². The molecule has 0 aliphatic heterocycles. The number of nitrogens with zero attached hydrogens (tertiary/aromatic N) is 5. The van der Waals surface area contributed by atoms with Gasteiger partial charge in [-0.1, -0.05) is 19.1 Å². The highest BCUT2D eigenvalue weighted by Gasteiger charge is 2.08. The van der Waals surface area contributed by atoms with Gasteiger partial charge in [0.05, 0.1) is 18.5 Å². The number of allylic oxidation sites excluding steroid dienone is 2. The van der Waals surface area contributed by atoms with Crippen molar-refractivity contribution in [1.29, 1.82) is 0 Å². The number of esters is 1. The fraction of sp³-hybridized carbons (Fsp3) is 0.368. The van der Waals surface area contributed by atoms with Crippen molar-refractivity contribution in [2.45, 2.75) is 41.3 Å². The molecular formula is C19H26N6O2. The van der Waals surface area contributed by atoms with Gasteiger partial charge in [0.25, 0.3) is 0 Å². The SMILES string of the molecule is C.CCOC(=O)Cn1cc(Nc2ncc3ccn(CC=C(C)C)c3n2)cn1. The number of carbonyl (C=O) groups excluding carboxylic acids is 1. The fourth-order valence-corrected chi connectivity index (χ4v) is 2.44. The number of nitrogens with one attached hydrogen (secondary N) is 1. The smallest absolute Gasteiger partial charge is 0.327 e. The summed E-state index contributed by atoms with van der Waals surface area (Å²) in [5.74, 6) is 0.155. The molecule has 0 saturated heterocycles. The van der Waals surface area contributed by atoms with Gasteiger partial charge in [0, 0.05) is 30.5 Å². The molecule has 27 heavy (non-hydrogen) atoms. The second kappa shape index (κ2) is 8.98. The van der Waals surface area contributed by atoms with E-state index in [4.69, 9.17) is 4.74 Å². The van der Waals surface area contributed by atoms with Gasteiger partial charge in [-0.15, -0.1) is 0 Å². The number of fused-ring (bicyclic) bond motifs is 1. The fourth-order valence-electron chi connectivity index (χ4n) is 2.44. The van der Waals surface area contributed by atoms with E-state index < -0.39 is 0 Å². The Labute approximate surface area is 158 Å². The topological polar surface area (TPSA) is 86.9 Å². The van der Waals surface area contributed by atoms with Crippen molar-refractivity contribution < 1.29 is 9.53 Å².